The number of aliphatic hydroxyl groups is 1. The van der Waals surface area contributed by atoms with Crippen LogP contribution in [0.15, 0.2) is 42.6 Å². The number of carbonyl (C=O) groups excluding carboxylic acids is 5. The molecule has 1 saturated carbocycles. The molecule has 3 fully saturated rings. The fourth-order valence-corrected chi connectivity index (χ4v) is 8.10. The first-order chi connectivity index (χ1) is 26.4. The summed E-state index contributed by atoms with van der Waals surface area (Å²) in [4.78, 5) is 69.7. The third kappa shape index (κ3) is 9.12. The molecule has 1 aromatic heterocycles. The predicted octanol–water partition coefficient (Wildman–Crippen LogP) is 3.19. The normalized spacial score (nSPS) is 21.0. The van der Waals surface area contributed by atoms with Crippen molar-refractivity contribution < 1.29 is 51.7 Å². The standard InChI is InChI=1S/C38H46F3N7O8/c1-36(2,54)30-20-43-46-48(30)26-19-29(34(52)45-37(31(49)32(42)50)12-14-55-15-13-37)47(21-26)35(53)28(16-22-6-4-3-5-7-22)44-33(51)25-9-8-24-18-27(56-38(39,40)41)11-10-23(24)17-25/h8-11,17-18,20,22,26,28-29,54H,3-7,12-16,19,21H2,1-2H3,(H2,42,50)(H,44,51)(H,45,52)/t26-,28+,29-/m0/s1. The number of alkyl halides is 3. The number of ether oxygens (including phenoxy) is 2. The molecule has 2 aromatic carbocycles. The molecule has 56 heavy (non-hydrogen) atoms. The molecule has 0 bridgehead atoms. The monoisotopic (exact) mass is 785 g/mol. The molecule has 2 aliphatic heterocycles. The smallest absolute Gasteiger partial charge is 0.406 e. The van der Waals surface area contributed by atoms with Crippen LogP contribution in [-0.2, 0) is 29.5 Å². The van der Waals surface area contributed by atoms with Crippen molar-refractivity contribution in [2.24, 2.45) is 11.7 Å². The highest BCUT2D eigenvalue weighted by Crippen LogP contribution is 2.35. The Kier molecular flexibility index (Phi) is 11.7. The van der Waals surface area contributed by atoms with Gasteiger partial charge in [0.05, 0.1) is 17.9 Å². The molecular formula is C38H46F3N7O8. The van der Waals surface area contributed by atoms with Crippen LogP contribution in [0.4, 0.5) is 13.2 Å². The molecular weight excluding hydrogens is 739 g/mol. The van der Waals surface area contributed by atoms with Crippen molar-refractivity contribution >= 4 is 40.2 Å². The highest BCUT2D eigenvalue weighted by Gasteiger charge is 2.49. The Labute approximate surface area is 320 Å². The Bertz CT molecular complexity index is 1970. The van der Waals surface area contributed by atoms with Gasteiger partial charge in [-0.2, -0.15) is 0 Å². The number of amides is 4. The molecule has 3 atom stereocenters. The molecule has 0 unspecified atom stereocenters. The number of benzene rings is 2. The van der Waals surface area contributed by atoms with Gasteiger partial charge in [-0.3, -0.25) is 24.0 Å². The summed E-state index contributed by atoms with van der Waals surface area (Å²) in [5, 5.41) is 25.5. The number of primary amides is 1. The van der Waals surface area contributed by atoms with Gasteiger partial charge in [0.1, 0.15) is 29.0 Å². The van der Waals surface area contributed by atoms with Crippen LogP contribution in [0.3, 0.4) is 0 Å². The summed E-state index contributed by atoms with van der Waals surface area (Å²) in [5.41, 5.74) is 2.86. The number of nitrogens with two attached hydrogens (primary N) is 1. The number of halogens is 3. The van der Waals surface area contributed by atoms with E-state index in [2.05, 4.69) is 25.7 Å². The fraction of sp³-hybridized carbons (Fsp3) is 0.553. The van der Waals surface area contributed by atoms with E-state index in [1.165, 1.54) is 46.1 Å². The van der Waals surface area contributed by atoms with E-state index in [0.29, 0.717) is 16.5 Å². The van der Waals surface area contributed by atoms with E-state index in [4.69, 9.17) is 10.5 Å². The summed E-state index contributed by atoms with van der Waals surface area (Å²) in [6.07, 6.45) is 1.36. The predicted molar refractivity (Wildman–Crippen MR) is 193 cm³/mol. The molecule has 0 radical (unpaired) electrons. The first-order valence-electron chi connectivity index (χ1n) is 18.7. The molecule has 5 N–H and O–H groups in total. The van der Waals surface area contributed by atoms with Gasteiger partial charge in [0, 0.05) is 44.6 Å². The maximum absolute atomic E-state index is 14.8. The van der Waals surface area contributed by atoms with E-state index < -0.39 is 70.8 Å². The van der Waals surface area contributed by atoms with Crippen molar-refractivity contribution in [3.05, 3.63) is 53.9 Å². The second-order valence-corrected chi connectivity index (χ2v) is 15.4. The summed E-state index contributed by atoms with van der Waals surface area (Å²) >= 11 is 0. The van der Waals surface area contributed by atoms with E-state index in [1.54, 1.807) is 13.8 Å². The highest BCUT2D eigenvalue weighted by molar-refractivity contribution is 6.39. The van der Waals surface area contributed by atoms with Crippen molar-refractivity contribution in [2.75, 3.05) is 19.8 Å². The molecule has 302 valence electrons. The third-order valence-electron chi connectivity index (χ3n) is 11.0. The number of aromatic nitrogens is 3. The number of hydrogen-bond donors (Lipinski definition) is 4. The van der Waals surface area contributed by atoms with Gasteiger partial charge in [-0.15, -0.1) is 18.3 Å². The lowest BCUT2D eigenvalue weighted by Gasteiger charge is -2.37. The molecule has 3 heterocycles. The number of Topliss-reactive ketones (excluding diaryl/α,β-unsaturated/α-hetero) is 1. The van der Waals surface area contributed by atoms with Crippen LogP contribution in [0.25, 0.3) is 10.8 Å². The van der Waals surface area contributed by atoms with E-state index in [0.717, 1.165) is 38.2 Å². The summed E-state index contributed by atoms with van der Waals surface area (Å²) in [7, 11) is 0. The third-order valence-corrected chi connectivity index (χ3v) is 11.0. The maximum Gasteiger partial charge on any atom is 0.573 e. The average Bonchev–Trinajstić information content (AvgIpc) is 3.83. The number of nitrogens with zero attached hydrogens (tertiary/aromatic N) is 4. The number of carbonyl (C=O) groups is 5. The van der Waals surface area contributed by atoms with Gasteiger partial charge in [-0.25, -0.2) is 4.68 Å². The molecule has 0 spiro atoms. The number of ketones is 1. The van der Waals surface area contributed by atoms with Crippen LogP contribution in [0, 0.1) is 5.92 Å². The number of nitrogens with one attached hydrogen (secondary N) is 2. The van der Waals surface area contributed by atoms with Crippen LogP contribution >= 0.6 is 0 Å². The van der Waals surface area contributed by atoms with Gasteiger partial charge >= 0.3 is 6.36 Å². The minimum Gasteiger partial charge on any atom is -0.406 e. The lowest BCUT2D eigenvalue weighted by Crippen LogP contribution is -2.64. The Morgan fingerprint density at radius 1 is 1.04 bits per heavy atom. The second kappa shape index (κ2) is 16.2. The molecule has 3 aliphatic rings. The SMILES string of the molecule is CC(C)(O)c1cnnn1[C@H]1C[C@@H](C(=O)NC2(C(=O)C(N)=O)CCOCC2)N(C(=O)[C@@H](CC2CCCCC2)NC(=O)c2ccc3cc(OC(F)(F)F)ccc3c2)C1. The number of rotatable bonds is 12. The second-order valence-electron chi connectivity index (χ2n) is 15.4. The molecule has 4 amide bonds. The average molecular weight is 786 g/mol. The molecule has 2 saturated heterocycles. The minimum atomic E-state index is -4.87. The van der Waals surface area contributed by atoms with Crippen molar-refractivity contribution in [2.45, 2.75) is 107 Å². The molecule has 6 rings (SSSR count). The Morgan fingerprint density at radius 3 is 2.38 bits per heavy atom. The fourth-order valence-electron chi connectivity index (χ4n) is 8.10. The lowest BCUT2D eigenvalue weighted by molar-refractivity contribution is -0.274. The van der Waals surface area contributed by atoms with Gasteiger partial charge in [0.25, 0.3) is 11.8 Å². The molecule has 15 nitrogen and oxygen atoms in total. The van der Waals surface area contributed by atoms with Crippen molar-refractivity contribution in [1.29, 1.82) is 0 Å². The first kappa shape index (κ1) is 40.6. The summed E-state index contributed by atoms with van der Waals surface area (Å²) < 4.78 is 49.3. The Balaban J connectivity index is 1.31. The van der Waals surface area contributed by atoms with Crippen LogP contribution in [0.2, 0.25) is 0 Å². The van der Waals surface area contributed by atoms with E-state index >= 15 is 0 Å². The highest BCUT2D eigenvalue weighted by atomic mass is 19.4. The van der Waals surface area contributed by atoms with Crippen LogP contribution < -0.4 is 21.1 Å². The first-order valence-corrected chi connectivity index (χ1v) is 18.7. The lowest BCUT2D eigenvalue weighted by atomic mass is 9.84. The van der Waals surface area contributed by atoms with Crippen LogP contribution in [0.1, 0.15) is 93.7 Å². The van der Waals surface area contributed by atoms with Crippen molar-refractivity contribution in [1.82, 2.24) is 30.5 Å². The molecule has 1 aliphatic carbocycles. The van der Waals surface area contributed by atoms with Crippen LogP contribution in [0.5, 0.6) is 5.75 Å². The Hall–Kier alpha value is -5.10. The van der Waals surface area contributed by atoms with Gasteiger partial charge in [0.15, 0.2) is 0 Å². The largest absolute Gasteiger partial charge is 0.573 e. The maximum atomic E-state index is 14.8. The number of likely N-dealkylation sites (tertiary alicyclic amines) is 1. The van der Waals surface area contributed by atoms with Gasteiger partial charge in [0.2, 0.25) is 17.6 Å². The number of hydrogen-bond acceptors (Lipinski definition) is 10. The van der Waals surface area contributed by atoms with E-state index in [1.807, 2.05) is 0 Å². The summed E-state index contributed by atoms with van der Waals surface area (Å²) in [6, 6.07) is 5.19. The van der Waals surface area contributed by atoms with Crippen LogP contribution in [-0.4, -0.2) is 98.2 Å². The molecule has 18 heteroatoms. The van der Waals surface area contributed by atoms with Crippen molar-refractivity contribution in [3.8, 4) is 5.75 Å². The number of fused-ring (bicyclic) bond motifs is 1. The summed E-state index contributed by atoms with van der Waals surface area (Å²) in [6.45, 7) is 3.18. The van der Waals surface area contributed by atoms with E-state index in [-0.39, 0.29) is 56.9 Å². The topological polar surface area (TPSA) is 208 Å². The zero-order chi connectivity index (χ0) is 40.4. The van der Waals surface area contributed by atoms with Gasteiger partial charge < -0.3 is 35.8 Å². The zero-order valence-electron chi connectivity index (χ0n) is 31.1. The van der Waals surface area contributed by atoms with Gasteiger partial charge in [-0.05, 0) is 61.2 Å². The Morgan fingerprint density at radius 2 is 1.71 bits per heavy atom. The van der Waals surface area contributed by atoms with Gasteiger partial charge in [-0.1, -0.05) is 49.5 Å². The minimum absolute atomic E-state index is 0.00380. The summed E-state index contributed by atoms with van der Waals surface area (Å²) in [5.74, 6) is -4.41. The zero-order valence-corrected chi connectivity index (χ0v) is 31.1. The van der Waals surface area contributed by atoms with E-state index in [9.17, 15) is 42.3 Å². The van der Waals surface area contributed by atoms with Crippen molar-refractivity contribution in [3.63, 3.8) is 0 Å². The quantitative estimate of drug-likeness (QED) is 0.197. The molecule has 3 aromatic rings.